The highest BCUT2D eigenvalue weighted by atomic mass is 32.2. The molecule has 2 unspecified atom stereocenters. The molecule has 0 aromatic heterocycles. The van der Waals surface area contributed by atoms with Gasteiger partial charge in [0, 0.05) is 11.3 Å². The lowest BCUT2D eigenvalue weighted by Gasteiger charge is -2.31. The monoisotopic (exact) mass is 279 g/mol. The summed E-state index contributed by atoms with van der Waals surface area (Å²) in [7, 11) is 1.72. The zero-order chi connectivity index (χ0) is 13.5. The second kappa shape index (κ2) is 7.81. The maximum absolute atomic E-state index is 5.25. The van der Waals surface area contributed by atoms with E-state index in [0.717, 1.165) is 12.3 Å². The van der Waals surface area contributed by atoms with Crippen LogP contribution in [0.2, 0.25) is 0 Å². The zero-order valence-electron chi connectivity index (χ0n) is 12.0. The van der Waals surface area contributed by atoms with Crippen molar-refractivity contribution < 1.29 is 4.74 Å². The maximum Gasteiger partial charge on any atom is 0.118 e. The van der Waals surface area contributed by atoms with Crippen LogP contribution in [0.4, 0.5) is 0 Å². The van der Waals surface area contributed by atoms with Crippen LogP contribution >= 0.6 is 11.8 Å². The van der Waals surface area contributed by atoms with Gasteiger partial charge in [-0.2, -0.15) is 11.8 Å². The highest BCUT2D eigenvalue weighted by Gasteiger charge is 2.25. The van der Waals surface area contributed by atoms with Gasteiger partial charge in [0.1, 0.15) is 5.75 Å². The minimum atomic E-state index is 0.483. The fourth-order valence-corrected chi connectivity index (χ4v) is 4.06. The van der Waals surface area contributed by atoms with Crippen molar-refractivity contribution in [3.05, 3.63) is 29.8 Å². The van der Waals surface area contributed by atoms with E-state index < -0.39 is 0 Å². The molecule has 0 radical (unpaired) electrons. The summed E-state index contributed by atoms with van der Waals surface area (Å²) < 4.78 is 5.25. The van der Waals surface area contributed by atoms with Crippen molar-refractivity contribution >= 4 is 11.8 Å². The van der Waals surface area contributed by atoms with Crippen LogP contribution in [0.15, 0.2) is 24.3 Å². The van der Waals surface area contributed by atoms with E-state index in [2.05, 4.69) is 48.3 Å². The van der Waals surface area contributed by atoms with Gasteiger partial charge in [0.2, 0.25) is 0 Å². The smallest absolute Gasteiger partial charge is 0.118 e. The van der Waals surface area contributed by atoms with Gasteiger partial charge in [0.15, 0.2) is 0 Å². The summed E-state index contributed by atoms with van der Waals surface area (Å²) in [5.74, 6) is 2.25. The molecule has 0 amide bonds. The fraction of sp³-hybridized carbons (Fsp3) is 0.625. The summed E-state index contributed by atoms with van der Waals surface area (Å²) >= 11 is 2.13. The molecule has 1 heterocycles. The quantitative estimate of drug-likeness (QED) is 0.849. The lowest BCUT2D eigenvalue weighted by atomic mass is 9.99. The van der Waals surface area contributed by atoms with E-state index in [1.54, 1.807) is 7.11 Å². The van der Waals surface area contributed by atoms with Crippen LogP contribution in [0.3, 0.4) is 0 Å². The Morgan fingerprint density at radius 1 is 1.32 bits per heavy atom. The predicted octanol–water partition coefficient (Wildman–Crippen LogP) is 4.02. The molecule has 1 aliphatic heterocycles. The van der Waals surface area contributed by atoms with Crippen molar-refractivity contribution in [2.24, 2.45) is 0 Å². The second-order valence-electron chi connectivity index (χ2n) is 5.11. The molecule has 1 saturated heterocycles. The Bertz CT molecular complexity index is 360. The van der Waals surface area contributed by atoms with Crippen molar-refractivity contribution in [2.75, 3.05) is 19.4 Å². The zero-order valence-corrected chi connectivity index (χ0v) is 12.8. The number of rotatable bonds is 6. The average Bonchev–Trinajstić information content (AvgIpc) is 2.49. The molecule has 0 aliphatic carbocycles. The number of hydrogen-bond acceptors (Lipinski definition) is 3. The maximum atomic E-state index is 5.25. The summed E-state index contributed by atoms with van der Waals surface area (Å²) in [6.07, 6.45) is 5.27. The third-order valence-electron chi connectivity index (χ3n) is 3.68. The molecule has 1 aromatic carbocycles. The summed E-state index contributed by atoms with van der Waals surface area (Å²) in [4.78, 5) is 0. The minimum absolute atomic E-state index is 0.483. The van der Waals surface area contributed by atoms with Gasteiger partial charge in [-0.05, 0) is 49.3 Å². The van der Waals surface area contributed by atoms with Crippen LogP contribution in [0.25, 0.3) is 0 Å². The Hall–Kier alpha value is -0.670. The lowest BCUT2D eigenvalue weighted by molar-refractivity contribution is 0.414. The van der Waals surface area contributed by atoms with E-state index in [0.29, 0.717) is 11.3 Å². The van der Waals surface area contributed by atoms with E-state index in [1.807, 2.05) is 0 Å². The molecule has 1 N–H and O–H groups in total. The number of nitrogens with one attached hydrogen (secondary N) is 1. The van der Waals surface area contributed by atoms with Crippen molar-refractivity contribution in [1.29, 1.82) is 0 Å². The molecule has 0 spiro atoms. The van der Waals surface area contributed by atoms with Crippen LogP contribution in [-0.2, 0) is 0 Å². The standard InChI is InChI=1S/C16H25NOS/c1-3-11-17-16(15-6-4-5-12-19-15)13-7-9-14(18-2)10-8-13/h7-10,15-17H,3-6,11-12H2,1-2H3. The van der Waals surface area contributed by atoms with Gasteiger partial charge in [-0.25, -0.2) is 0 Å². The number of hydrogen-bond donors (Lipinski definition) is 1. The first kappa shape index (κ1) is 14.7. The number of thioether (sulfide) groups is 1. The Labute approximate surface area is 121 Å². The second-order valence-corrected chi connectivity index (χ2v) is 6.46. The van der Waals surface area contributed by atoms with Crippen molar-refractivity contribution in [2.45, 2.75) is 43.9 Å². The van der Waals surface area contributed by atoms with E-state index in [-0.39, 0.29) is 0 Å². The van der Waals surface area contributed by atoms with Crippen molar-refractivity contribution in [1.82, 2.24) is 5.32 Å². The van der Waals surface area contributed by atoms with Crippen LogP contribution in [0.1, 0.15) is 44.2 Å². The third kappa shape index (κ3) is 4.15. The Balaban J connectivity index is 2.10. The van der Waals surface area contributed by atoms with Gasteiger partial charge >= 0.3 is 0 Å². The first-order chi connectivity index (χ1) is 9.35. The molecule has 1 aromatic rings. The molecular weight excluding hydrogens is 254 g/mol. The molecule has 2 rings (SSSR count). The topological polar surface area (TPSA) is 21.3 Å². The molecule has 2 atom stereocenters. The van der Waals surface area contributed by atoms with Crippen LogP contribution in [0, 0.1) is 0 Å². The number of benzene rings is 1. The lowest BCUT2D eigenvalue weighted by Crippen LogP contribution is -2.32. The molecule has 2 nitrogen and oxygen atoms in total. The van der Waals surface area contributed by atoms with E-state index in [1.165, 1.54) is 37.0 Å². The van der Waals surface area contributed by atoms with Crippen LogP contribution in [-0.4, -0.2) is 24.7 Å². The van der Waals surface area contributed by atoms with Gasteiger partial charge < -0.3 is 10.1 Å². The molecule has 0 saturated carbocycles. The van der Waals surface area contributed by atoms with Gasteiger partial charge in [0.05, 0.1) is 7.11 Å². The van der Waals surface area contributed by atoms with Gasteiger partial charge in [-0.3, -0.25) is 0 Å². The molecule has 1 aliphatic rings. The van der Waals surface area contributed by atoms with Gasteiger partial charge in [-0.15, -0.1) is 0 Å². The van der Waals surface area contributed by atoms with E-state index >= 15 is 0 Å². The predicted molar refractivity (Wildman–Crippen MR) is 84.1 cm³/mol. The molecule has 0 bridgehead atoms. The third-order valence-corrected chi connectivity index (χ3v) is 5.14. The molecule has 106 valence electrons. The number of methoxy groups -OCH3 is 1. The Kier molecular flexibility index (Phi) is 6.05. The Morgan fingerprint density at radius 3 is 2.68 bits per heavy atom. The van der Waals surface area contributed by atoms with Crippen molar-refractivity contribution in [3.8, 4) is 5.75 Å². The first-order valence-electron chi connectivity index (χ1n) is 7.34. The highest BCUT2D eigenvalue weighted by Crippen LogP contribution is 2.35. The average molecular weight is 279 g/mol. The summed E-state index contributed by atoms with van der Waals surface area (Å²) in [5.41, 5.74) is 1.40. The van der Waals surface area contributed by atoms with Crippen LogP contribution < -0.4 is 10.1 Å². The first-order valence-corrected chi connectivity index (χ1v) is 8.39. The summed E-state index contributed by atoms with van der Waals surface area (Å²) in [5, 5.41) is 4.45. The largest absolute Gasteiger partial charge is 0.497 e. The summed E-state index contributed by atoms with van der Waals surface area (Å²) in [6.45, 7) is 3.32. The Morgan fingerprint density at radius 2 is 2.11 bits per heavy atom. The highest BCUT2D eigenvalue weighted by molar-refractivity contribution is 8.00. The van der Waals surface area contributed by atoms with E-state index in [9.17, 15) is 0 Å². The molecule has 3 heteroatoms. The normalized spacial score (nSPS) is 21.1. The summed E-state index contributed by atoms with van der Waals surface area (Å²) in [6, 6.07) is 9.05. The molecular formula is C16H25NOS. The molecule has 19 heavy (non-hydrogen) atoms. The molecule has 1 fully saturated rings. The number of ether oxygens (including phenoxy) is 1. The van der Waals surface area contributed by atoms with Gasteiger partial charge in [0.25, 0.3) is 0 Å². The van der Waals surface area contributed by atoms with Gasteiger partial charge in [-0.1, -0.05) is 25.5 Å². The minimum Gasteiger partial charge on any atom is -0.497 e. The SMILES string of the molecule is CCCNC(c1ccc(OC)cc1)C1CCCCS1. The van der Waals surface area contributed by atoms with E-state index in [4.69, 9.17) is 4.74 Å². The van der Waals surface area contributed by atoms with Crippen molar-refractivity contribution in [3.63, 3.8) is 0 Å². The fourth-order valence-electron chi connectivity index (χ4n) is 2.60. The van der Waals surface area contributed by atoms with Crippen LogP contribution in [0.5, 0.6) is 5.75 Å².